The fraction of sp³-hybridized carbons (Fsp3) is 0.611. The van der Waals surface area contributed by atoms with Crippen LogP contribution >= 0.6 is 0 Å². The largest absolute Gasteiger partial charge is 0.508 e. The average molecular weight is 371 g/mol. The van der Waals surface area contributed by atoms with Gasteiger partial charge in [-0.25, -0.2) is 13.1 Å². The fourth-order valence-electron chi connectivity index (χ4n) is 2.09. The van der Waals surface area contributed by atoms with E-state index < -0.39 is 20.9 Å². The number of carbonyl (C=O) groups is 1. The number of ether oxygens (including phenoxy) is 1. The molecule has 0 aliphatic carbocycles. The molecule has 1 unspecified atom stereocenters. The summed E-state index contributed by atoms with van der Waals surface area (Å²) in [5.74, 6) is -0.500. The summed E-state index contributed by atoms with van der Waals surface area (Å²) in [6, 6.07) is 4.54. The van der Waals surface area contributed by atoms with E-state index in [9.17, 15) is 18.3 Å². The number of phenols is 1. The summed E-state index contributed by atoms with van der Waals surface area (Å²) in [6.07, 6.45) is 0. The zero-order chi connectivity index (χ0) is 19.4. The average Bonchev–Trinajstić information content (AvgIpc) is 2.49. The lowest BCUT2D eigenvalue weighted by atomic mass is 9.93. The minimum absolute atomic E-state index is 0.0159. The molecule has 0 aliphatic rings. The highest BCUT2D eigenvalue weighted by Gasteiger charge is 2.22. The van der Waals surface area contributed by atoms with Gasteiger partial charge in [0.05, 0.1) is 10.9 Å². The van der Waals surface area contributed by atoms with Crippen molar-refractivity contribution >= 4 is 15.8 Å². The molecule has 6 nitrogen and oxygen atoms in total. The molecule has 142 valence electrons. The third-order valence-electron chi connectivity index (χ3n) is 3.72. The molecule has 1 aromatic rings. The number of ketones is 1. The Balaban J connectivity index is 2.98. The van der Waals surface area contributed by atoms with Gasteiger partial charge in [-0.1, -0.05) is 13.0 Å². The Bertz CT molecular complexity index is 705. The SMILES string of the molecule is CC(CNS(=O)(=O)C(C)C)c1ccc(O)cc1C(=O)COC(C)(C)C. The fourth-order valence-corrected chi connectivity index (χ4v) is 2.91. The Hall–Kier alpha value is -1.44. The maximum Gasteiger partial charge on any atom is 0.213 e. The second kappa shape index (κ2) is 8.29. The summed E-state index contributed by atoms with van der Waals surface area (Å²) in [7, 11) is -3.38. The van der Waals surface area contributed by atoms with Gasteiger partial charge < -0.3 is 9.84 Å². The highest BCUT2D eigenvalue weighted by molar-refractivity contribution is 7.90. The zero-order valence-electron chi connectivity index (χ0n) is 15.8. The Labute approximate surface area is 150 Å². The third kappa shape index (κ3) is 6.76. The number of Topliss-reactive ketones (excluding diaryl/α,β-unsaturated/α-hetero) is 1. The van der Waals surface area contributed by atoms with Crippen LogP contribution in [0.4, 0.5) is 0 Å². The Morgan fingerprint density at radius 1 is 1.24 bits per heavy atom. The number of phenolic OH excluding ortho intramolecular Hbond substituents is 1. The summed E-state index contributed by atoms with van der Waals surface area (Å²) >= 11 is 0. The molecule has 7 heteroatoms. The van der Waals surface area contributed by atoms with E-state index in [1.807, 2.05) is 27.7 Å². The Morgan fingerprint density at radius 3 is 2.36 bits per heavy atom. The van der Waals surface area contributed by atoms with Crippen molar-refractivity contribution in [1.82, 2.24) is 4.72 Å². The minimum atomic E-state index is -3.38. The monoisotopic (exact) mass is 371 g/mol. The number of hydrogen-bond donors (Lipinski definition) is 2. The highest BCUT2D eigenvalue weighted by Crippen LogP contribution is 2.25. The van der Waals surface area contributed by atoms with E-state index in [1.165, 1.54) is 12.1 Å². The lowest BCUT2D eigenvalue weighted by molar-refractivity contribution is 0.00301. The van der Waals surface area contributed by atoms with Gasteiger partial charge in [0.25, 0.3) is 0 Å². The van der Waals surface area contributed by atoms with Gasteiger partial charge >= 0.3 is 0 Å². The highest BCUT2D eigenvalue weighted by atomic mass is 32.2. The molecule has 1 aromatic carbocycles. The number of hydrogen-bond acceptors (Lipinski definition) is 5. The van der Waals surface area contributed by atoms with Crippen molar-refractivity contribution in [1.29, 1.82) is 0 Å². The van der Waals surface area contributed by atoms with Crippen LogP contribution in [0.25, 0.3) is 0 Å². The summed E-state index contributed by atoms with van der Waals surface area (Å²) < 4.78 is 31.9. The number of aromatic hydroxyl groups is 1. The molecule has 0 saturated carbocycles. The molecule has 25 heavy (non-hydrogen) atoms. The van der Waals surface area contributed by atoms with Crippen molar-refractivity contribution in [2.45, 2.75) is 58.3 Å². The first-order valence-corrected chi connectivity index (χ1v) is 9.86. The van der Waals surface area contributed by atoms with E-state index in [2.05, 4.69) is 4.72 Å². The second-order valence-electron chi connectivity index (χ2n) is 7.44. The maximum atomic E-state index is 12.5. The van der Waals surface area contributed by atoms with Crippen molar-refractivity contribution < 1.29 is 23.1 Å². The number of nitrogens with one attached hydrogen (secondary N) is 1. The van der Waals surface area contributed by atoms with Gasteiger partial charge in [0.1, 0.15) is 12.4 Å². The van der Waals surface area contributed by atoms with E-state index in [0.29, 0.717) is 11.1 Å². The van der Waals surface area contributed by atoms with Crippen LogP contribution < -0.4 is 4.72 Å². The van der Waals surface area contributed by atoms with E-state index in [0.717, 1.165) is 0 Å². The van der Waals surface area contributed by atoms with Crippen LogP contribution in [0, 0.1) is 0 Å². The van der Waals surface area contributed by atoms with Crippen molar-refractivity contribution in [3.63, 3.8) is 0 Å². The van der Waals surface area contributed by atoms with Gasteiger partial charge in [0, 0.05) is 12.1 Å². The van der Waals surface area contributed by atoms with Gasteiger partial charge in [-0.05, 0) is 58.2 Å². The first-order chi connectivity index (χ1) is 11.3. The molecule has 0 fully saturated rings. The molecule has 1 atom stereocenters. The quantitative estimate of drug-likeness (QED) is 0.686. The predicted octanol–water partition coefficient (Wildman–Crippen LogP) is 2.82. The summed E-state index contributed by atoms with van der Waals surface area (Å²) in [6.45, 7) is 10.7. The lowest BCUT2D eigenvalue weighted by Gasteiger charge is -2.21. The first-order valence-electron chi connectivity index (χ1n) is 8.32. The molecule has 0 spiro atoms. The van der Waals surface area contributed by atoms with E-state index in [1.54, 1.807) is 19.9 Å². The lowest BCUT2D eigenvalue weighted by Crippen LogP contribution is -2.33. The third-order valence-corrected chi connectivity index (χ3v) is 5.53. The molecule has 0 heterocycles. The maximum absolute atomic E-state index is 12.5. The normalized spacial score (nSPS) is 13.9. The topological polar surface area (TPSA) is 92.7 Å². The first kappa shape index (κ1) is 21.6. The van der Waals surface area contributed by atoms with Gasteiger partial charge in [-0.3, -0.25) is 4.79 Å². The van der Waals surface area contributed by atoms with E-state index in [-0.39, 0.29) is 30.6 Å². The van der Waals surface area contributed by atoms with Crippen LogP contribution in [0.3, 0.4) is 0 Å². The van der Waals surface area contributed by atoms with Crippen LogP contribution in [0.5, 0.6) is 5.75 Å². The standard InChI is InChI=1S/C18H29NO5S/c1-12(2)25(22,23)19-10-13(3)15-8-7-14(20)9-16(15)17(21)11-24-18(4,5)6/h7-9,12-13,19-20H,10-11H2,1-6H3. The molecule has 0 aliphatic heterocycles. The molecular formula is C18H29NO5S. The molecule has 2 N–H and O–H groups in total. The number of benzene rings is 1. The van der Waals surface area contributed by atoms with Crippen LogP contribution in [-0.2, 0) is 14.8 Å². The Kier molecular flexibility index (Phi) is 7.17. The molecule has 0 saturated heterocycles. The number of carbonyl (C=O) groups excluding carboxylic acids is 1. The summed E-state index contributed by atoms with van der Waals surface area (Å²) in [4.78, 5) is 12.5. The van der Waals surface area contributed by atoms with Gasteiger partial charge in [0.2, 0.25) is 10.0 Å². The number of sulfonamides is 1. The molecule has 1 rings (SSSR count). The van der Waals surface area contributed by atoms with Crippen molar-refractivity contribution in [2.75, 3.05) is 13.2 Å². The van der Waals surface area contributed by atoms with Crippen molar-refractivity contribution in [3.05, 3.63) is 29.3 Å². The molecule has 0 amide bonds. The molecule has 0 radical (unpaired) electrons. The predicted molar refractivity (Wildman–Crippen MR) is 98.6 cm³/mol. The van der Waals surface area contributed by atoms with Crippen LogP contribution in [0.15, 0.2) is 18.2 Å². The zero-order valence-corrected chi connectivity index (χ0v) is 16.6. The molecular weight excluding hydrogens is 342 g/mol. The molecule has 0 bridgehead atoms. The molecule has 0 aromatic heterocycles. The summed E-state index contributed by atoms with van der Waals surface area (Å²) in [5.41, 5.74) is 0.567. The van der Waals surface area contributed by atoms with Crippen molar-refractivity contribution in [2.24, 2.45) is 0 Å². The van der Waals surface area contributed by atoms with E-state index in [4.69, 9.17) is 4.74 Å². The van der Waals surface area contributed by atoms with Crippen LogP contribution in [-0.4, -0.2) is 43.3 Å². The van der Waals surface area contributed by atoms with Gasteiger partial charge in [0.15, 0.2) is 5.78 Å². The number of rotatable bonds is 8. The van der Waals surface area contributed by atoms with Gasteiger partial charge in [-0.15, -0.1) is 0 Å². The Morgan fingerprint density at radius 2 is 1.84 bits per heavy atom. The van der Waals surface area contributed by atoms with Crippen molar-refractivity contribution in [3.8, 4) is 5.75 Å². The van der Waals surface area contributed by atoms with Crippen LogP contribution in [0.2, 0.25) is 0 Å². The van der Waals surface area contributed by atoms with Gasteiger partial charge in [-0.2, -0.15) is 0 Å². The van der Waals surface area contributed by atoms with E-state index >= 15 is 0 Å². The second-order valence-corrected chi connectivity index (χ2v) is 9.76. The smallest absolute Gasteiger partial charge is 0.213 e. The minimum Gasteiger partial charge on any atom is -0.508 e. The van der Waals surface area contributed by atoms with Crippen LogP contribution in [0.1, 0.15) is 63.4 Å². The summed E-state index contributed by atoms with van der Waals surface area (Å²) in [5, 5.41) is 9.20.